The molecule has 0 saturated carbocycles. The van der Waals surface area contributed by atoms with Crippen LogP contribution in [0.15, 0.2) is 60.2 Å². The Labute approximate surface area is 208 Å². The molecule has 6 nitrogen and oxygen atoms in total. The number of unbranched alkanes of at least 4 members (excludes halogenated alkanes) is 2. The van der Waals surface area contributed by atoms with Crippen molar-refractivity contribution in [2.24, 2.45) is 0 Å². The average molecular weight is 472 g/mol. The first kappa shape index (κ1) is 25.8. The van der Waals surface area contributed by atoms with Gasteiger partial charge in [-0.3, -0.25) is 19.4 Å². The number of carbonyl (C=O) groups is 3. The van der Waals surface area contributed by atoms with Crippen LogP contribution in [-0.2, 0) is 9.59 Å². The second-order valence-electron chi connectivity index (χ2n) is 8.75. The van der Waals surface area contributed by atoms with Crippen molar-refractivity contribution in [3.05, 3.63) is 65.7 Å². The molecule has 1 heterocycles. The molecule has 2 aromatic carbocycles. The van der Waals surface area contributed by atoms with Gasteiger partial charge in [0.15, 0.2) is 0 Å². The molecule has 182 valence electrons. The second kappa shape index (κ2) is 12.0. The minimum Gasteiger partial charge on any atom is -0.378 e. The molecule has 0 bridgehead atoms. The minimum absolute atomic E-state index is 0.0538. The molecule has 1 aliphatic rings. The Kier molecular flexibility index (Phi) is 8.86. The number of nitrogens with zero attached hydrogens (tertiary/aromatic N) is 3. The summed E-state index contributed by atoms with van der Waals surface area (Å²) < 4.78 is 0. The van der Waals surface area contributed by atoms with E-state index in [1.54, 1.807) is 0 Å². The van der Waals surface area contributed by atoms with Gasteiger partial charge < -0.3 is 4.90 Å². The predicted octanol–water partition coefficient (Wildman–Crippen LogP) is 5.09. The molecule has 3 rings (SSSR count). The molecule has 6 heteroatoms. The summed E-state index contributed by atoms with van der Waals surface area (Å²) in [6, 6.07) is 15.6. The Bertz CT molecular complexity index is 1120. The summed E-state index contributed by atoms with van der Waals surface area (Å²) in [6.45, 7) is 4.58. The summed E-state index contributed by atoms with van der Waals surface area (Å²) in [5, 5.41) is 0. The van der Waals surface area contributed by atoms with E-state index in [2.05, 4.69) is 41.0 Å². The molecular weight excluding hydrogens is 438 g/mol. The molecule has 0 atom stereocenters. The smallest absolute Gasteiger partial charge is 0.333 e. The van der Waals surface area contributed by atoms with Crippen LogP contribution in [0.4, 0.5) is 10.5 Å². The summed E-state index contributed by atoms with van der Waals surface area (Å²) in [5.41, 5.74) is 4.04. The van der Waals surface area contributed by atoms with Crippen LogP contribution in [0.2, 0.25) is 0 Å². The van der Waals surface area contributed by atoms with Gasteiger partial charge in [-0.05, 0) is 48.2 Å². The lowest BCUT2D eigenvalue weighted by Gasteiger charge is -2.33. The van der Waals surface area contributed by atoms with Crippen molar-refractivity contribution in [3.63, 3.8) is 0 Å². The number of anilines is 1. The monoisotopic (exact) mass is 471 g/mol. The number of benzene rings is 2. The lowest BCUT2D eigenvalue weighted by Crippen LogP contribution is -2.56. The maximum atomic E-state index is 12.9. The SMILES string of the molecule is CCCCN1C(=O)C(=CC#Cc2ccc(-c3ccc(N(C)C)cc3)cc2)C(=O)N(CCCC)C1=O. The number of allylic oxidation sites excluding steroid dienone is 1. The Balaban J connectivity index is 1.80. The highest BCUT2D eigenvalue weighted by Gasteiger charge is 2.41. The molecular formula is C29H33N3O3. The van der Waals surface area contributed by atoms with Crippen molar-refractivity contribution < 1.29 is 14.4 Å². The molecule has 0 unspecified atom stereocenters. The number of carbonyl (C=O) groups excluding carboxylic acids is 3. The number of urea groups is 1. The van der Waals surface area contributed by atoms with Crippen LogP contribution in [0.25, 0.3) is 11.1 Å². The van der Waals surface area contributed by atoms with Crippen LogP contribution < -0.4 is 4.90 Å². The maximum Gasteiger partial charge on any atom is 0.333 e. The van der Waals surface area contributed by atoms with Gasteiger partial charge in [-0.15, -0.1) is 0 Å². The fraction of sp³-hybridized carbons (Fsp3) is 0.345. The highest BCUT2D eigenvalue weighted by Crippen LogP contribution is 2.23. The standard InChI is InChI=1S/C29H33N3O3/c1-5-7-20-31-27(33)26(28(34)32(29(31)35)21-8-6-2)11-9-10-22-12-14-23(15-13-22)24-16-18-25(19-17-24)30(3)4/h11-19H,5-8,20-21H2,1-4H3. The van der Waals surface area contributed by atoms with E-state index >= 15 is 0 Å². The van der Waals surface area contributed by atoms with Crippen LogP contribution in [-0.4, -0.2) is 54.8 Å². The molecule has 2 aromatic rings. The van der Waals surface area contributed by atoms with E-state index in [1.165, 1.54) is 15.9 Å². The van der Waals surface area contributed by atoms with E-state index in [1.807, 2.05) is 52.2 Å². The van der Waals surface area contributed by atoms with E-state index in [0.29, 0.717) is 25.9 Å². The van der Waals surface area contributed by atoms with Crippen molar-refractivity contribution >= 4 is 23.5 Å². The van der Waals surface area contributed by atoms with Crippen molar-refractivity contribution in [1.29, 1.82) is 0 Å². The van der Waals surface area contributed by atoms with E-state index in [9.17, 15) is 14.4 Å². The molecule has 1 fully saturated rings. The second-order valence-corrected chi connectivity index (χ2v) is 8.75. The Hall–Kier alpha value is -3.85. The van der Waals surface area contributed by atoms with Gasteiger partial charge in [0.05, 0.1) is 0 Å². The fourth-order valence-corrected chi connectivity index (χ4v) is 3.74. The minimum atomic E-state index is -0.563. The fourth-order valence-electron chi connectivity index (χ4n) is 3.74. The molecule has 0 aromatic heterocycles. The summed E-state index contributed by atoms with van der Waals surface area (Å²) in [6.07, 6.45) is 4.42. The number of rotatable bonds is 8. The van der Waals surface area contributed by atoms with Gasteiger partial charge in [-0.25, -0.2) is 4.79 Å². The first-order valence-electron chi connectivity index (χ1n) is 12.1. The number of hydrogen-bond acceptors (Lipinski definition) is 4. The Morgan fingerprint density at radius 1 is 0.771 bits per heavy atom. The first-order chi connectivity index (χ1) is 16.9. The summed E-state index contributed by atoms with van der Waals surface area (Å²) in [4.78, 5) is 42.9. The normalized spacial score (nSPS) is 13.6. The molecule has 0 aliphatic carbocycles. The molecule has 4 amide bonds. The summed E-state index contributed by atoms with van der Waals surface area (Å²) >= 11 is 0. The van der Waals surface area contributed by atoms with Crippen molar-refractivity contribution in [1.82, 2.24) is 9.80 Å². The van der Waals surface area contributed by atoms with E-state index in [-0.39, 0.29) is 5.57 Å². The van der Waals surface area contributed by atoms with Crippen LogP contribution in [0.1, 0.15) is 45.1 Å². The molecule has 0 spiro atoms. The zero-order valence-corrected chi connectivity index (χ0v) is 21.0. The van der Waals surface area contributed by atoms with Gasteiger partial charge in [0.1, 0.15) is 5.57 Å². The largest absolute Gasteiger partial charge is 0.378 e. The lowest BCUT2D eigenvalue weighted by atomic mass is 10.0. The Morgan fingerprint density at radius 3 is 1.71 bits per heavy atom. The third-order valence-corrected chi connectivity index (χ3v) is 5.92. The van der Waals surface area contributed by atoms with Crippen molar-refractivity contribution in [2.45, 2.75) is 39.5 Å². The highest BCUT2D eigenvalue weighted by molar-refractivity contribution is 6.28. The zero-order chi connectivity index (χ0) is 25.4. The number of hydrogen-bond donors (Lipinski definition) is 0. The van der Waals surface area contributed by atoms with Crippen LogP contribution in [0.5, 0.6) is 0 Å². The van der Waals surface area contributed by atoms with Gasteiger partial charge in [0.25, 0.3) is 11.8 Å². The third kappa shape index (κ3) is 6.19. The predicted molar refractivity (Wildman–Crippen MR) is 140 cm³/mol. The quantitative estimate of drug-likeness (QED) is 0.306. The molecule has 1 saturated heterocycles. The number of imide groups is 2. The molecule has 0 radical (unpaired) electrons. The number of barbiturate groups is 1. The van der Waals surface area contributed by atoms with Gasteiger partial charge in [-0.2, -0.15) is 0 Å². The lowest BCUT2D eigenvalue weighted by molar-refractivity contribution is -0.136. The first-order valence-corrected chi connectivity index (χ1v) is 12.1. The summed E-state index contributed by atoms with van der Waals surface area (Å²) in [5.74, 6) is 4.73. The molecule has 35 heavy (non-hydrogen) atoms. The van der Waals surface area contributed by atoms with Gasteiger partial charge in [0, 0.05) is 44.5 Å². The van der Waals surface area contributed by atoms with E-state index < -0.39 is 17.8 Å². The average Bonchev–Trinajstić information content (AvgIpc) is 2.86. The molecule has 1 aliphatic heterocycles. The van der Waals surface area contributed by atoms with Crippen molar-refractivity contribution in [2.75, 3.05) is 32.1 Å². The van der Waals surface area contributed by atoms with Gasteiger partial charge in [-0.1, -0.05) is 62.8 Å². The van der Waals surface area contributed by atoms with Crippen LogP contribution >= 0.6 is 0 Å². The topological polar surface area (TPSA) is 60.9 Å². The van der Waals surface area contributed by atoms with E-state index in [0.717, 1.165) is 35.2 Å². The Morgan fingerprint density at radius 2 is 1.26 bits per heavy atom. The molecule has 0 N–H and O–H groups in total. The maximum absolute atomic E-state index is 12.9. The third-order valence-electron chi connectivity index (χ3n) is 5.92. The number of amides is 4. The van der Waals surface area contributed by atoms with Crippen molar-refractivity contribution in [3.8, 4) is 23.0 Å². The van der Waals surface area contributed by atoms with E-state index in [4.69, 9.17) is 0 Å². The van der Waals surface area contributed by atoms with Crippen LogP contribution in [0.3, 0.4) is 0 Å². The summed E-state index contributed by atoms with van der Waals surface area (Å²) in [7, 11) is 4.02. The highest BCUT2D eigenvalue weighted by atomic mass is 16.2. The van der Waals surface area contributed by atoms with Gasteiger partial charge in [0.2, 0.25) is 0 Å². The van der Waals surface area contributed by atoms with Crippen LogP contribution in [0, 0.1) is 11.8 Å². The van der Waals surface area contributed by atoms with Gasteiger partial charge >= 0.3 is 6.03 Å². The zero-order valence-electron chi connectivity index (χ0n) is 21.0.